The Kier molecular flexibility index (Phi) is 4.44. The fourth-order valence-electron chi connectivity index (χ4n) is 3.86. The monoisotopic (exact) mass is 360 g/mol. The van der Waals surface area contributed by atoms with Crippen LogP contribution in [0.25, 0.3) is 11.0 Å². The molecule has 1 unspecified atom stereocenters. The number of nitrogens with zero attached hydrogens (tertiary/aromatic N) is 1. The minimum absolute atomic E-state index is 0.317. The Balaban J connectivity index is 1.48. The average Bonchev–Trinajstić information content (AvgIpc) is 3.06. The number of hydrogen-bond donors (Lipinski definition) is 2. The molecule has 0 aliphatic carbocycles. The number of para-hydroxylation sites is 2. The first kappa shape index (κ1) is 17.1. The van der Waals surface area contributed by atoms with Crippen molar-refractivity contribution >= 4 is 11.0 Å². The highest BCUT2D eigenvalue weighted by Crippen LogP contribution is 2.29. The van der Waals surface area contributed by atoms with Crippen molar-refractivity contribution in [1.29, 1.82) is 0 Å². The van der Waals surface area contributed by atoms with Gasteiger partial charge >= 0.3 is 6.18 Å². The van der Waals surface area contributed by atoms with E-state index in [9.17, 15) is 13.2 Å². The highest BCUT2D eigenvalue weighted by Gasteiger charge is 2.31. The number of imidazole rings is 1. The number of halogens is 3. The smallest absolute Gasteiger partial charge is 0.342 e. The van der Waals surface area contributed by atoms with Crippen molar-refractivity contribution in [2.24, 2.45) is 0 Å². The van der Waals surface area contributed by atoms with E-state index in [1.807, 2.05) is 24.3 Å². The third-order valence-electron chi connectivity index (χ3n) is 5.12. The summed E-state index contributed by atoms with van der Waals surface area (Å²) in [5.74, 6) is 1.31. The number of aromatic amines is 1. The van der Waals surface area contributed by atoms with Crippen LogP contribution in [-0.4, -0.2) is 23.1 Å². The third kappa shape index (κ3) is 3.60. The van der Waals surface area contributed by atoms with Crippen LogP contribution in [0.4, 0.5) is 13.2 Å². The Morgan fingerprint density at radius 3 is 2.77 bits per heavy atom. The fraction of sp³-hybridized carbons (Fsp3) is 0.350. The van der Waals surface area contributed by atoms with Crippen molar-refractivity contribution < 1.29 is 18.1 Å². The molecule has 1 aliphatic heterocycles. The number of fused-ring (bicyclic) bond motifs is 1. The van der Waals surface area contributed by atoms with E-state index >= 15 is 0 Å². The molecule has 3 nitrogen and oxygen atoms in total. The van der Waals surface area contributed by atoms with Crippen LogP contribution in [0, 0.1) is 0 Å². The maximum absolute atomic E-state index is 12.9. The fourth-order valence-corrected chi connectivity index (χ4v) is 3.86. The van der Waals surface area contributed by atoms with Crippen molar-refractivity contribution in [3.8, 4) is 0 Å². The summed E-state index contributed by atoms with van der Waals surface area (Å²) in [6.45, 7) is 2.48. The lowest BCUT2D eigenvalue weighted by atomic mass is 9.96. The van der Waals surface area contributed by atoms with Gasteiger partial charge in [0.15, 0.2) is 0 Å². The molecule has 1 aromatic heterocycles. The van der Waals surface area contributed by atoms with Gasteiger partial charge in [-0.05, 0) is 37.1 Å². The van der Waals surface area contributed by atoms with Crippen LogP contribution in [0.15, 0.2) is 48.5 Å². The molecule has 2 N–H and O–H groups in total. The molecule has 2 aromatic carbocycles. The zero-order valence-electron chi connectivity index (χ0n) is 14.3. The number of aromatic nitrogens is 2. The van der Waals surface area contributed by atoms with E-state index in [0.717, 1.165) is 54.4 Å². The molecule has 0 bridgehead atoms. The highest BCUT2D eigenvalue weighted by atomic mass is 19.4. The number of H-pyrrole nitrogens is 1. The van der Waals surface area contributed by atoms with Gasteiger partial charge in [0.2, 0.25) is 0 Å². The Hall–Kier alpha value is -2.34. The third-order valence-corrected chi connectivity index (χ3v) is 5.12. The number of nitrogens with one attached hydrogen (secondary N) is 2. The SMILES string of the molecule is FC(F)(F)c1cccc(C[NH+]2CCC[C@H](c3nc4ccccc4[nH]3)C2)c1. The highest BCUT2D eigenvalue weighted by molar-refractivity contribution is 5.74. The maximum atomic E-state index is 12.9. The zero-order chi connectivity index (χ0) is 18.1. The second kappa shape index (κ2) is 6.76. The number of alkyl halides is 3. The second-order valence-corrected chi connectivity index (χ2v) is 7.06. The molecule has 4 rings (SSSR count). The minimum Gasteiger partial charge on any atom is -0.342 e. The van der Waals surface area contributed by atoms with Gasteiger partial charge in [-0.25, -0.2) is 4.98 Å². The van der Waals surface area contributed by atoms with Gasteiger partial charge < -0.3 is 9.88 Å². The van der Waals surface area contributed by atoms with Gasteiger partial charge in [-0.1, -0.05) is 24.3 Å². The van der Waals surface area contributed by atoms with Gasteiger partial charge in [-0.3, -0.25) is 0 Å². The van der Waals surface area contributed by atoms with Crippen LogP contribution in [0.2, 0.25) is 0 Å². The molecular formula is C20H21F3N3+. The Bertz CT molecular complexity index is 867. The number of rotatable bonds is 3. The zero-order valence-corrected chi connectivity index (χ0v) is 14.3. The predicted octanol–water partition coefficient (Wildman–Crippen LogP) is 3.54. The van der Waals surface area contributed by atoms with Crippen LogP contribution >= 0.6 is 0 Å². The van der Waals surface area contributed by atoms with E-state index in [0.29, 0.717) is 12.5 Å². The van der Waals surface area contributed by atoms with E-state index in [1.54, 1.807) is 6.07 Å². The van der Waals surface area contributed by atoms with Crippen molar-refractivity contribution in [3.05, 3.63) is 65.5 Å². The molecule has 0 amide bonds. The lowest BCUT2D eigenvalue weighted by Gasteiger charge is -2.29. The van der Waals surface area contributed by atoms with Gasteiger partial charge in [-0.15, -0.1) is 0 Å². The first-order valence-electron chi connectivity index (χ1n) is 8.93. The number of benzene rings is 2. The minimum atomic E-state index is -4.29. The van der Waals surface area contributed by atoms with Gasteiger partial charge in [-0.2, -0.15) is 13.2 Å². The molecule has 0 saturated carbocycles. The average molecular weight is 360 g/mol. The predicted molar refractivity (Wildman–Crippen MR) is 93.9 cm³/mol. The van der Waals surface area contributed by atoms with Gasteiger partial charge in [0.05, 0.1) is 35.6 Å². The Morgan fingerprint density at radius 1 is 1.12 bits per heavy atom. The van der Waals surface area contributed by atoms with Crippen LogP contribution in [0.3, 0.4) is 0 Å². The molecular weight excluding hydrogens is 339 g/mol. The molecule has 3 aromatic rings. The summed E-state index contributed by atoms with van der Waals surface area (Å²) in [5, 5.41) is 0. The van der Waals surface area contributed by atoms with E-state index in [2.05, 4.69) is 4.98 Å². The molecule has 2 heterocycles. The molecule has 1 aliphatic rings. The standard InChI is InChI=1S/C20H20F3N3/c21-20(22,23)16-7-3-5-14(11-16)12-26-10-4-6-15(13-26)19-24-17-8-1-2-9-18(17)25-19/h1-3,5,7-9,11,15H,4,6,10,12-13H2,(H,24,25)/p+1/t15-/m0/s1. The molecule has 26 heavy (non-hydrogen) atoms. The largest absolute Gasteiger partial charge is 0.416 e. The lowest BCUT2D eigenvalue weighted by Crippen LogP contribution is -3.12. The summed E-state index contributed by atoms with van der Waals surface area (Å²) in [5.41, 5.74) is 2.17. The van der Waals surface area contributed by atoms with E-state index in [1.165, 1.54) is 17.0 Å². The van der Waals surface area contributed by atoms with Crippen LogP contribution < -0.4 is 4.90 Å². The van der Waals surface area contributed by atoms with Crippen molar-refractivity contribution in [1.82, 2.24) is 9.97 Å². The molecule has 136 valence electrons. The Labute approximate surface area is 149 Å². The quantitative estimate of drug-likeness (QED) is 0.736. The number of likely N-dealkylation sites (tertiary alicyclic amines) is 1. The summed E-state index contributed by atoms with van der Waals surface area (Å²) in [7, 11) is 0. The van der Waals surface area contributed by atoms with Crippen molar-refractivity contribution in [3.63, 3.8) is 0 Å². The Morgan fingerprint density at radius 2 is 1.96 bits per heavy atom. The second-order valence-electron chi connectivity index (χ2n) is 7.06. The van der Waals surface area contributed by atoms with Gasteiger partial charge in [0, 0.05) is 5.56 Å². The first-order valence-corrected chi connectivity index (χ1v) is 8.93. The molecule has 0 spiro atoms. The molecule has 1 fully saturated rings. The summed E-state index contributed by atoms with van der Waals surface area (Å²) in [4.78, 5) is 9.42. The number of hydrogen-bond acceptors (Lipinski definition) is 1. The van der Waals surface area contributed by atoms with Crippen molar-refractivity contribution in [2.75, 3.05) is 13.1 Å². The number of quaternary nitrogens is 1. The summed E-state index contributed by atoms with van der Waals surface area (Å²) < 4.78 is 38.7. The topological polar surface area (TPSA) is 33.1 Å². The summed E-state index contributed by atoms with van der Waals surface area (Å²) in [6.07, 6.45) is -2.17. The lowest BCUT2D eigenvalue weighted by molar-refractivity contribution is -0.920. The van der Waals surface area contributed by atoms with Gasteiger partial charge in [0.25, 0.3) is 0 Å². The van der Waals surface area contributed by atoms with E-state index in [-0.39, 0.29) is 0 Å². The summed E-state index contributed by atoms with van der Waals surface area (Å²) >= 11 is 0. The molecule has 0 radical (unpaired) electrons. The van der Waals surface area contributed by atoms with E-state index in [4.69, 9.17) is 4.98 Å². The maximum Gasteiger partial charge on any atom is 0.416 e. The molecule has 2 atom stereocenters. The van der Waals surface area contributed by atoms with Crippen LogP contribution in [0.5, 0.6) is 0 Å². The molecule has 1 saturated heterocycles. The first-order chi connectivity index (χ1) is 12.5. The normalized spacial score (nSPS) is 21.2. The van der Waals surface area contributed by atoms with E-state index < -0.39 is 11.7 Å². The van der Waals surface area contributed by atoms with Crippen LogP contribution in [-0.2, 0) is 12.7 Å². The van der Waals surface area contributed by atoms with Gasteiger partial charge in [0.1, 0.15) is 12.4 Å². The summed E-state index contributed by atoms with van der Waals surface area (Å²) in [6, 6.07) is 13.7. The number of piperidine rings is 1. The van der Waals surface area contributed by atoms with Crippen molar-refractivity contribution in [2.45, 2.75) is 31.5 Å². The molecule has 6 heteroatoms. The van der Waals surface area contributed by atoms with Crippen LogP contribution in [0.1, 0.15) is 35.7 Å².